The minimum absolute atomic E-state index is 0.000454. The van der Waals surface area contributed by atoms with Crippen LogP contribution >= 0.6 is 11.8 Å². The van der Waals surface area contributed by atoms with Crippen LogP contribution in [0, 0.1) is 5.92 Å². The Hall–Kier alpha value is -0.0600. The Morgan fingerprint density at radius 1 is 1.56 bits per heavy atom. The van der Waals surface area contributed by atoms with Crippen molar-refractivity contribution in [3.63, 3.8) is 0 Å². The van der Waals surface area contributed by atoms with Crippen molar-refractivity contribution in [2.75, 3.05) is 25.2 Å². The van der Waals surface area contributed by atoms with E-state index in [4.69, 9.17) is 9.47 Å². The molecule has 2 heterocycles. The van der Waals surface area contributed by atoms with Crippen LogP contribution < -0.4 is 0 Å². The molecule has 18 heavy (non-hydrogen) atoms. The van der Waals surface area contributed by atoms with Gasteiger partial charge in [-0.05, 0) is 38.9 Å². The Labute approximate surface area is 114 Å². The molecule has 0 radical (unpaired) electrons. The van der Waals surface area contributed by atoms with Gasteiger partial charge in [-0.1, -0.05) is 0 Å². The lowest BCUT2D eigenvalue weighted by Gasteiger charge is -2.38. The van der Waals surface area contributed by atoms with Crippen molar-refractivity contribution in [3.05, 3.63) is 0 Å². The molecule has 2 rings (SSSR count). The maximum absolute atomic E-state index is 12.4. The van der Waals surface area contributed by atoms with E-state index < -0.39 is 0 Å². The van der Waals surface area contributed by atoms with Gasteiger partial charge in [-0.25, -0.2) is 0 Å². The second-order valence-corrected chi connectivity index (χ2v) is 7.24. The summed E-state index contributed by atoms with van der Waals surface area (Å²) in [4.78, 5) is 12.4. The standard InChI is InChI=1S/C14H24O3S/c1-13(2,16-3)9-12(15)11-4-6-17-14(8-11)5-7-18-10-14/h11H,4-10H2,1-3H3. The summed E-state index contributed by atoms with van der Waals surface area (Å²) in [6.45, 7) is 4.70. The molecule has 0 saturated carbocycles. The highest BCUT2D eigenvalue weighted by Crippen LogP contribution is 2.41. The number of Topliss-reactive ketones (excluding diaryl/α,β-unsaturated/α-hetero) is 1. The van der Waals surface area contributed by atoms with E-state index in [1.54, 1.807) is 7.11 Å². The van der Waals surface area contributed by atoms with Crippen molar-refractivity contribution in [2.45, 2.75) is 50.7 Å². The fraction of sp³-hybridized carbons (Fsp3) is 0.929. The number of hydrogen-bond acceptors (Lipinski definition) is 4. The molecule has 0 amide bonds. The van der Waals surface area contributed by atoms with E-state index in [9.17, 15) is 4.79 Å². The van der Waals surface area contributed by atoms with Crippen LogP contribution in [0.5, 0.6) is 0 Å². The van der Waals surface area contributed by atoms with E-state index in [1.165, 1.54) is 5.75 Å². The van der Waals surface area contributed by atoms with Gasteiger partial charge in [0.1, 0.15) is 5.78 Å². The number of hydrogen-bond donors (Lipinski definition) is 0. The Bertz CT molecular complexity index is 308. The Balaban J connectivity index is 1.94. The zero-order valence-electron chi connectivity index (χ0n) is 11.7. The fourth-order valence-corrected chi connectivity index (χ4v) is 4.18. The number of methoxy groups -OCH3 is 1. The molecule has 2 aliphatic rings. The monoisotopic (exact) mass is 272 g/mol. The predicted molar refractivity (Wildman–Crippen MR) is 74.1 cm³/mol. The first kappa shape index (κ1) is 14.4. The molecule has 0 aromatic carbocycles. The highest BCUT2D eigenvalue weighted by Gasteiger charge is 2.42. The first-order valence-electron chi connectivity index (χ1n) is 6.76. The Kier molecular flexibility index (Phi) is 4.40. The van der Waals surface area contributed by atoms with E-state index in [-0.39, 0.29) is 17.1 Å². The summed E-state index contributed by atoms with van der Waals surface area (Å²) in [7, 11) is 1.67. The van der Waals surface area contributed by atoms with Gasteiger partial charge in [0.25, 0.3) is 0 Å². The molecule has 0 aromatic heterocycles. The number of ketones is 1. The Morgan fingerprint density at radius 2 is 2.33 bits per heavy atom. The van der Waals surface area contributed by atoms with Crippen molar-refractivity contribution < 1.29 is 14.3 Å². The van der Waals surface area contributed by atoms with Crippen molar-refractivity contribution in [1.29, 1.82) is 0 Å². The van der Waals surface area contributed by atoms with Crippen LogP contribution in [-0.4, -0.2) is 42.2 Å². The molecule has 1 spiro atoms. The van der Waals surface area contributed by atoms with Gasteiger partial charge in [0, 0.05) is 31.8 Å². The summed E-state index contributed by atoms with van der Waals surface area (Å²) in [6.07, 6.45) is 3.41. The number of thioether (sulfide) groups is 1. The molecule has 2 saturated heterocycles. The molecule has 2 fully saturated rings. The van der Waals surface area contributed by atoms with Gasteiger partial charge < -0.3 is 9.47 Å². The van der Waals surface area contributed by atoms with E-state index in [0.717, 1.165) is 31.6 Å². The van der Waals surface area contributed by atoms with Crippen molar-refractivity contribution in [2.24, 2.45) is 5.92 Å². The van der Waals surface area contributed by atoms with Crippen LogP contribution in [0.3, 0.4) is 0 Å². The average Bonchev–Trinajstić information content (AvgIpc) is 2.77. The number of ether oxygens (including phenoxy) is 2. The summed E-state index contributed by atoms with van der Waals surface area (Å²) in [5.41, 5.74) is -0.340. The van der Waals surface area contributed by atoms with E-state index in [0.29, 0.717) is 12.2 Å². The summed E-state index contributed by atoms with van der Waals surface area (Å²) in [6, 6.07) is 0. The smallest absolute Gasteiger partial charge is 0.139 e. The highest BCUT2D eigenvalue weighted by molar-refractivity contribution is 7.99. The second kappa shape index (κ2) is 5.51. The quantitative estimate of drug-likeness (QED) is 0.788. The molecular formula is C14H24O3S. The van der Waals surface area contributed by atoms with Crippen molar-refractivity contribution in [1.82, 2.24) is 0 Å². The lowest BCUT2D eigenvalue weighted by Crippen LogP contribution is -2.43. The molecule has 2 atom stereocenters. The average molecular weight is 272 g/mol. The summed E-state index contributed by atoms with van der Waals surface area (Å²) >= 11 is 1.95. The van der Waals surface area contributed by atoms with Gasteiger partial charge in [0.05, 0.1) is 11.2 Å². The first-order valence-corrected chi connectivity index (χ1v) is 7.91. The summed E-state index contributed by atoms with van der Waals surface area (Å²) in [5, 5.41) is 0. The lowest BCUT2D eigenvalue weighted by molar-refractivity contribution is -0.138. The predicted octanol–water partition coefficient (Wildman–Crippen LogP) is 2.67. The third-order valence-electron chi connectivity index (χ3n) is 4.17. The maximum Gasteiger partial charge on any atom is 0.139 e. The molecule has 0 aliphatic carbocycles. The summed E-state index contributed by atoms with van der Waals surface area (Å²) < 4.78 is 11.3. The zero-order chi connectivity index (χ0) is 13.2. The third kappa shape index (κ3) is 3.28. The molecule has 0 aromatic rings. The van der Waals surface area contributed by atoms with E-state index >= 15 is 0 Å². The van der Waals surface area contributed by atoms with Gasteiger partial charge >= 0.3 is 0 Å². The first-order chi connectivity index (χ1) is 8.46. The van der Waals surface area contributed by atoms with Gasteiger partial charge in [-0.3, -0.25) is 4.79 Å². The largest absolute Gasteiger partial charge is 0.378 e. The van der Waals surface area contributed by atoms with Crippen LogP contribution in [0.15, 0.2) is 0 Å². The van der Waals surface area contributed by atoms with E-state index in [1.807, 2.05) is 25.6 Å². The Morgan fingerprint density at radius 3 is 2.94 bits per heavy atom. The molecule has 2 aliphatic heterocycles. The number of carbonyl (C=O) groups is 1. The molecule has 104 valence electrons. The van der Waals surface area contributed by atoms with E-state index in [2.05, 4.69) is 0 Å². The molecule has 0 bridgehead atoms. The number of carbonyl (C=O) groups excluding carboxylic acids is 1. The highest BCUT2D eigenvalue weighted by atomic mass is 32.2. The van der Waals surface area contributed by atoms with Crippen LogP contribution in [0.2, 0.25) is 0 Å². The van der Waals surface area contributed by atoms with Crippen LogP contribution in [0.25, 0.3) is 0 Å². The van der Waals surface area contributed by atoms with Gasteiger partial charge in [0.15, 0.2) is 0 Å². The third-order valence-corrected chi connectivity index (χ3v) is 5.39. The normalized spacial score (nSPS) is 32.9. The minimum Gasteiger partial charge on any atom is -0.378 e. The van der Waals surface area contributed by atoms with Crippen molar-refractivity contribution in [3.8, 4) is 0 Å². The van der Waals surface area contributed by atoms with Crippen molar-refractivity contribution >= 4 is 17.5 Å². The van der Waals surface area contributed by atoms with Crippen LogP contribution in [-0.2, 0) is 14.3 Å². The van der Waals surface area contributed by atoms with Gasteiger partial charge in [-0.2, -0.15) is 11.8 Å². The maximum atomic E-state index is 12.4. The molecular weight excluding hydrogens is 248 g/mol. The van der Waals surface area contributed by atoms with Gasteiger partial charge in [0.2, 0.25) is 0 Å². The summed E-state index contributed by atoms with van der Waals surface area (Å²) in [5.74, 6) is 2.75. The fourth-order valence-electron chi connectivity index (χ4n) is 2.80. The van der Waals surface area contributed by atoms with Crippen LogP contribution in [0.4, 0.5) is 0 Å². The number of rotatable bonds is 4. The topological polar surface area (TPSA) is 35.5 Å². The molecule has 2 unspecified atom stereocenters. The lowest BCUT2D eigenvalue weighted by atomic mass is 9.80. The minimum atomic E-state index is -0.340. The SMILES string of the molecule is COC(C)(C)CC(=O)C1CCOC2(CCSC2)C1. The zero-order valence-corrected chi connectivity index (χ0v) is 12.5. The van der Waals surface area contributed by atoms with Gasteiger partial charge in [-0.15, -0.1) is 0 Å². The molecule has 4 heteroatoms. The molecule has 0 N–H and O–H groups in total. The van der Waals surface area contributed by atoms with Crippen LogP contribution in [0.1, 0.15) is 39.5 Å². The molecule has 3 nitrogen and oxygen atoms in total. The second-order valence-electron chi connectivity index (χ2n) is 6.13.